The van der Waals surface area contributed by atoms with Crippen LogP contribution in [-0.4, -0.2) is 23.7 Å². The van der Waals surface area contributed by atoms with Crippen LogP contribution in [-0.2, 0) is 4.79 Å². The Balaban J connectivity index is 1.79. The highest BCUT2D eigenvalue weighted by Crippen LogP contribution is 2.48. The molecule has 2 fully saturated rings. The Morgan fingerprint density at radius 1 is 1.35 bits per heavy atom. The van der Waals surface area contributed by atoms with Crippen LogP contribution in [0.3, 0.4) is 0 Å². The second kappa shape index (κ2) is 5.50. The number of rotatable bonds is 6. The van der Waals surface area contributed by atoms with Gasteiger partial charge in [-0.15, -0.1) is 0 Å². The van der Waals surface area contributed by atoms with Crippen molar-refractivity contribution in [2.45, 2.75) is 44.6 Å². The minimum atomic E-state index is -0.633. The number of hydrogen-bond donors (Lipinski definition) is 2. The van der Waals surface area contributed by atoms with E-state index < -0.39 is 5.97 Å². The van der Waals surface area contributed by atoms with Crippen molar-refractivity contribution >= 4 is 5.97 Å². The van der Waals surface area contributed by atoms with E-state index in [0.717, 1.165) is 32.2 Å². The molecule has 0 aliphatic heterocycles. The Kier molecular flexibility index (Phi) is 4.01. The lowest BCUT2D eigenvalue weighted by molar-refractivity contribution is -0.144. The van der Waals surface area contributed by atoms with Crippen molar-refractivity contribution in [1.82, 2.24) is 5.32 Å². The van der Waals surface area contributed by atoms with Gasteiger partial charge in [0.15, 0.2) is 0 Å². The van der Waals surface area contributed by atoms with Crippen LogP contribution in [0.25, 0.3) is 0 Å². The van der Waals surface area contributed by atoms with Crippen molar-refractivity contribution in [3.63, 3.8) is 0 Å². The summed E-state index contributed by atoms with van der Waals surface area (Å²) in [6.07, 6.45) is 5.84. The summed E-state index contributed by atoms with van der Waals surface area (Å²) >= 11 is 0. The largest absolute Gasteiger partial charge is 0.481 e. The molecule has 4 atom stereocenters. The third-order valence-electron chi connectivity index (χ3n) is 4.30. The summed E-state index contributed by atoms with van der Waals surface area (Å²) in [6, 6.07) is 2.30. The highest BCUT2D eigenvalue weighted by atomic mass is 16.4. The average molecular weight is 236 g/mol. The molecule has 0 saturated heterocycles. The molecule has 4 heteroatoms. The van der Waals surface area contributed by atoms with Crippen LogP contribution in [0, 0.1) is 29.1 Å². The highest BCUT2D eigenvalue weighted by molar-refractivity contribution is 5.72. The quantitative estimate of drug-likeness (QED) is 0.689. The van der Waals surface area contributed by atoms with E-state index in [2.05, 4.69) is 11.4 Å². The Bertz CT molecular complexity index is 324. The topological polar surface area (TPSA) is 73.1 Å². The van der Waals surface area contributed by atoms with E-state index in [1.807, 2.05) is 0 Å². The summed E-state index contributed by atoms with van der Waals surface area (Å²) in [5.74, 6) is 0.155. The molecule has 0 spiro atoms. The molecule has 0 radical (unpaired) electrons. The van der Waals surface area contributed by atoms with Crippen LogP contribution in [0.15, 0.2) is 0 Å². The number of carbonyl (C=O) groups is 1. The van der Waals surface area contributed by atoms with E-state index in [0.29, 0.717) is 18.3 Å². The second-order valence-corrected chi connectivity index (χ2v) is 5.29. The predicted molar refractivity (Wildman–Crippen MR) is 63.2 cm³/mol. The van der Waals surface area contributed by atoms with Crippen LogP contribution in [0.1, 0.15) is 38.5 Å². The van der Waals surface area contributed by atoms with Gasteiger partial charge in [-0.25, -0.2) is 0 Å². The molecule has 4 nitrogen and oxygen atoms in total. The molecule has 17 heavy (non-hydrogen) atoms. The molecule has 4 unspecified atom stereocenters. The molecule has 2 bridgehead atoms. The molecule has 2 aliphatic carbocycles. The van der Waals surface area contributed by atoms with Crippen molar-refractivity contribution in [1.29, 1.82) is 5.26 Å². The summed E-state index contributed by atoms with van der Waals surface area (Å²) in [5.41, 5.74) is 0. The van der Waals surface area contributed by atoms with Gasteiger partial charge in [0.05, 0.1) is 12.0 Å². The zero-order valence-corrected chi connectivity index (χ0v) is 10.1. The van der Waals surface area contributed by atoms with Gasteiger partial charge in [0.25, 0.3) is 0 Å². The molecule has 2 rings (SSSR count). The van der Waals surface area contributed by atoms with Crippen LogP contribution in [0.2, 0.25) is 0 Å². The normalized spacial score (nSPS) is 34.8. The second-order valence-electron chi connectivity index (χ2n) is 5.29. The minimum absolute atomic E-state index is 0.174. The maximum absolute atomic E-state index is 11.3. The summed E-state index contributed by atoms with van der Waals surface area (Å²) < 4.78 is 0. The monoisotopic (exact) mass is 236 g/mol. The molecule has 0 aromatic rings. The standard InChI is InChI=1S/C13H20N2O2/c14-6-2-1-3-7-15-12-10-5-4-9(8-10)11(12)13(16)17/h9-12,15H,1-5,7-8H2,(H,16,17). The molecule has 2 aliphatic rings. The average Bonchev–Trinajstić information content (AvgIpc) is 2.88. The SMILES string of the molecule is N#CCCCCNC1C2CCC(C2)C1C(=O)O. The van der Waals surface area contributed by atoms with Crippen LogP contribution in [0.4, 0.5) is 0 Å². The number of nitrogens with zero attached hydrogens (tertiary/aromatic N) is 1. The maximum Gasteiger partial charge on any atom is 0.308 e. The van der Waals surface area contributed by atoms with Crippen LogP contribution in [0.5, 0.6) is 0 Å². The molecule has 0 heterocycles. The van der Waals surface area contributed by atoms with Gasteiger partial charge in [0.2, 0.25) is 0 Å². The van der Waals surface area contributed by atoms with Crippen LogP contribution < -0.4 is 5.32 Å². The molecule has 0 aromatic carbocycles. The van der Waals surface area contributed by atoms with Crippen molar-refractivity contribution < 1.29 is 9.90 Å². The van der Waals surface area contributed by atoms with E-state index in [1.165, 1.54) is 6.42 Å². The first-order chi connectivity index (χ1) is 8.24. The Hall–Kier alpha value is -1.08. The first-order valence-electron chi connectivity index (χ1n) is 6.57. The Labute approximate surface area is 102 Å². The lowest BCUT2D eigenvalue weighted by Crippen LogP contribution is -2.44. The zero-order valence-electron chi connectivity index (χ0n) is 10.1. The number of nitriles is 1. The summed E-state index contributed by atoms with van der Waals surface area (Å²) in [7, 11) is 0. The first kappa shape index (κ1) is 12.4. The van der Waals surface area contributed by atoms with Crippen molar-refractivity contribution in [3.8, 4) is 6.07 Å². The van der Waals surface area contributed by atoms with E-state index in [4.69, 9.17) is 5.26 Å². The fraction of sp³-hybridized carbons (Fsp3) is 0.846. The number of nitrogens with one attached hydrogen (secondary N) is 1. The summed E-state index contributed by atoms with van der Waals surface area (Å²) in [4.78, 5) is 11.3. The van der Waals surface area contributed by atoms with E-state index >= 15 is 0 Å². The van der Waals surface area contributed by atoms with Crippen LogP contribution >= 0.6 is 0 Å². The van der Waals surface area contributed by atoms with Gasteiger partial charge in [-0.3, -0.25) is 4.79 Å². The van der Waals surface area contributed by atoms with Crippen molar-refractivity contribution in [3.05, 3.63) is 0 Å². The molecule has 2 saturated carbocycles. The van der Waals surface area contributed by atoms with Gasteiger partial charge in [-0.05, 0) is 50.5 Å². The zero-order chi connectivity index (χ0) is 12.3. The van der Waals surface area contributed by atoms with Gasteiger partial charge >= 0.3 is 5.97 Å². The maximum atomic E-state index is 11.3. The molecule has 0 aromatic heterocycles. The molecule has 0 amide bonds. The van der Waals surface area contributed by atoms with Gasteiger partial charge in [0.1, 0.15) is 0 Å². The number of unbranched alkanes of at least 4 members (excludes halogenated alkanes) is 2. The predicted octanol–water partition coefficient (Wildman–Crippen LogP) is 1.77. The number of aliphatic carboxylic acids is 1. The lowest BCUT2D eigenvalue weighted by Gasteiger charge is -2.29. The Morgan fingerprint density at radius 2 is 2.12 bits per heavy atom. The molecular formula is C13H20N2O2. The van der Waals surface area contributed by atoms with E-state index in [1.54, 1.807) is 0 Å². The number of fused-ring (bicyclic) bond motifs is 2. The molecule has 2 N–H and O–H groups in total. The lowest BCUT2D eigenvalue weighted by atomic mass is 9.84. The molecule has 94 valence electrons. The van der Waals surface area contributed by atoms with Gasteiger partial charge in [0, 0.05) is 12.5 Å². The van der Waals surface area contributed by atoms with Crippen molar-refractivity contribution in [2.24, 2.45) is 17.8 Å². The molecular weight excluding hydrogens is 216 g/mol. The van der Waals surface area contributed by atoms with E-state index in [9.17, 15) is 9.90 Å². The summed E-state index contributed by atoms with van der Waals surface area (Å²) in [6.45, 7) is 0.847. The number of hydrogen-bond acceptors (Lipinski definition) is 3. The van der Waals surface area contributed by atoms with E-state index in [-0.39, 0.29) is 12.0 Å². The van der Waals surface area contributed by atoms with Gasteiger partial charge in [-0.2, -0.15) is 5.26 Å². The van der Waals surface area contributed by atoms with Gasteiger partial charge < -0.3 is 10.4 Å². The third-order valence-corrected chi connectivity index (χ3v) is 4.30. The number of carboxylic acids is 1. The smallest absolute Gasteiger partial charge is 0.308 e. The van der Waals surface area contributed by atoms with Crippen molar-refractivity contribution in [2.75, 3.05) is 6.54 Å². The first-order valence-corrected chi connectivity index (χ1v) is 6.57. The van der Waals surface area contributed by atoms with Gasteiger partial charge in [-0.1, -0.05) is 0 Å². The minimum Gasteiger partial charge on any atom is -0.481 e. The third kappa shape index (κ3) is 2.61. The fourth-order valence-electron chi connectivity index (χ4n) is 3.54. The fourth-order valence-corrected chi connectivity index (χ4v) is 3.54. The number of carboxylic acid groups (broad SMARTS) is 1. The Morgan fingerprint density at radius 3 is 2.82 bits per heavy atom. The summed E-state index contributed by atoms with van der Waals surface area (Å²) in [5, 5.41) is 21.1. The highest BCUT2D eigenvalue weighted by Gasteiger charge is 2.50.